The van der Waals surface area contributed by atoms with Gasteiger partial charge in [-0.25, -0.2) is 15.0 Å². The standard InChI is InChI=1S/C12H20N6O/c1-3-17(4-2)5-9(19)6-18-8-16-10-11(13)14-7-15-12(10)18/h7-9,19H,3-6H2,1-2H3,(H2,13,14,15)/t9-/m0/s1. The molecular weight excluding hydrogens is 244 g/mol. The van der Waals surface area contributed by atoms with E-state index in [0.717, 1.165) is 13.1 Å². The molecule has 2 heterocycles. The van der Waals surface area contributed by atoms with Crippen LogP contribution in [0, 0.1) is 0 Å². The van der Waals surface area contributed by atoms with Gasteiger partial charge >= 0.3 is 0 Å². The molecule has 7 heteroatoms. The van der Waals surface area contributed by atoms with Crippen LogP contribution >= 0.6 is 0 Å². The Morgan fingerprint density at radius 1 is 1.32 bits per heavy atom. The zero-order chi connectivity index (χ0) is 13.8. The van der Waals surface area contributed by atoms with Crippen molar-refractivity contribution in [1.29, 1.82) is 0 Å². The highest BCUT2D eigenvalue weighted by Crippen LogP contribution is 2.14. The lowest BCUT2D eigenvalue weighted by Gasteiger charge is -2.22. The number of nitrogen functional groups attached to an aromatic ring is 1. The first-order valence-corrected chi connectivity index (χ1v) is 6.47. The van der Waals surface area contributed by atoms with Crippen LogP contribution in [0.25, 0.3) is 11.2 Å². The van der Waals surface area contributed by atoms with E-state index in [2.05, 4.69) is 33.7 Å². The molecular formula is C12H20N6O. The van der Waals surface area contributed by atoms with Gasteiger partial charge in [0.2, 0.25) is 0 Å². The Labute approximate surface area is 112 Å². The van der Waals surface area contributed by atoms with Gasteiger partial charge in [-0.1, -0.05) is 13.8 Å². The van der Waals surface area contributed by atoms with Crippen molar-refractivity contribution < 1.29 is 5.11 Å². The highest BCUT2D eigenvalue weighted by Gasteiger charge is 2.13. The van der Waals surface area contributed by atoms with E-state index >= 15 is 0 Å². The number of fused-ring (bicyclic) bond motifs is 1. The van der Waals surface area contributed by atoms with Crippen LogP contribution < -0.4 is 5.73 Å². The van der Waals surface area contributed by atoms with Crippen LogP contribution in [0.5, 0.6) is 0 Å². The summed E-state index contributed by atoms with van der Waals surface area (Å²) in [5.74, 6) is 0.363. The summed E-state index contributed by atoms with van der Waals surface area (Å²) < 4.78 is 1.81. The minimum atomic E-state index is -0.464. The van der Waals surface area contributed by atoms with Crippen molar-refractivity contribution in [3.63, 3.8) is 0 Å². The van der Waals surface area contributed by atoms with E-state index in [1.165, 1.54) is 6.33 Å². The van der Waals surface area contributed by atoms with E-state index in [4.69, 9.17) is 5.73 Å². The van der Waals surface area contributed by atoms with Crippen molar-refractivity contribution in [2.75, 3.05) is 25.4 Å². The lowest BCUT2D eigenvalue weighted by molar-refractivity contribution is 0.104. The maximum absolute atomic E-state index is 10.1. The largest absolute Gasteiger partial charge is 0.390 e. The molecule has 2 rings (SSSR count). The van der Waals surface area contributed by atoms with Gasteiger partial charge in [0.05, 0.1) is 19.0 Å². The van der Waals surface area contributed by atoms with Gasteiger partial charge in [0.1, 0.15) is 11.8 Å². The molecule has 0 amide bonds. The molecule has 0 bridgehead atoms. The number of hydrogen-bond donors (Lipinski definition) is 2. The molecule has 7 nitrogen and oxygen atoms in total. The predicted molar refractivity (Wildman–Crippen MR) is 73.5 cm³/mol. The molecule has 0 aromatic carbocycles. The molecule has 0 spiro atoms. The molecule has 0 saturated carbocycles. The second kappa shape index (κ2) is 5.94. The van der Waals surface area contributed by atoms with Gasteiger partial charge in [-0.05, 0) is 13.1 Å². The summed E-state index contributed by atoms with van der Waals surface area (Å²) in [6.07, 6.45) is 2.59. The third kappa shape index (κ3) is 2.99. The first kappa shape index (κ1) is 13.7. The van der Waals surface area contributed by atoms with Crippen LogP contribution in [-0.4, -0.2) is 55.3 Å². The Morgan fingerprint density at radius 2 is 2.05 bits per heavy atom. The van der Waals surface area contributed by atoms with Crippen LogP contribution in [0.1, 0.15) is 13.8 Å². The number of anilines is 1. The van der Waals surface area contributed by atoms with E-state index in [-0.39, 0.29) is 0 Å². The summed E-state index contributed by atoms with van der Waals surface area (Å²) in [7, 11) is 0. The average molecular weight is 264 g/mol. The van der Waals surface area contributed by atoms with Crippen LogP contribution in [0.4, 0.5) is 5.82 Å². The Kier molecular flexibility index (Phi) is 4.28. The number of aliphatic hydroxyl groups is 1. The van der Waals surface area contributed by atoms with E-state index in [1.54, 1.807) is 6.33 Å². The monoisotopic (exact) mass is 264 g/mol. The van der Waals surface area contributed by atoms with Crippen molar-refractivity contribution in [2.24, 2.45) is 0 Å². The van der Waals surface area contributed by atoms with E-state index in [0.29, 0.717) is 30.1 Å². The molecule has 104 valence electrons. The number of imidazole rings is 1. The summed E-state index contributed by atoms with van der Waals surface area (Å²) in [5, 5.41) is 10.1. The maximum atomic E-state index is 10.1. The molecule has 0 saturated heterocycles. The number of rotatable bonds is 6. The number of likely N-dealkylation sites (N-methyl/N-ethyl adjacent to an activating group) is 1. The molecule has 0 radical (unpaired) electrons. The molecule has 19 heavy (non-hydrogen) atoms. The van der Waals surface area contributed by atoms with Crippen LogP contribution in [0.15, 0.2) is 12.7 Å². The lowest BCUT2D eigenvalue weighted by atomic mass is 10.3. The van der Waals surface area contributed by atoms with Gasteiger partial charge in [-0.15, -0.1) is 0 Å². The fraction of sp³-hybridized carbons (Fsp3) is 0.583. The molecule has 0 aliphatic carbocycles. The minimum absolute atomic E-state index is 0.363. The summed E-state index contributed by atoms with van der Waals surface area (Å²) >= 11 is 0. The van der Waals surface area contributed by atoms with Gasteiger partial charge in [0.25, 0.3) is 0 Å². The SMILES string of the molecule is CCN(CC)C[C@H](O)Cn1cnc2c(N)ncnc21. The molecule has 0 aliphatic rings. The topological polar surface area (TPSA) is 93.1 Å². The highest BCUT2D eigenvalue weighted by atomic mass is 16.3. The first-order valence-electron chi connectivity index (χ1n) is 6.47. The third-order valence-corrected chi connectivity index (χ3v) is 3.20. The quantitative estimate of drug-likeness (QED) is 0.769. The molecule has 0 unspecified atom stereocenters. The molecule has 0 aliphatic heterocycles. The Morgan fingerprint density at radius 3 is 2.74 bits per heavy atom. The van der Waals surface area contributed by atoms with Crippen molar-refractivity contribution in [2.45, 2.75) is 26.5 Å². The highest BCUT2D eigenvalue weighted by molar-refractivity contribution is 5.81. The number of nitrogens with two attached hydrogens (primary N) is 1. The summed E-state index contributed by atoms with van der Waals surface area (Å²) in [6.45, 7) is 7.09. The second-order valence-corrected chi connectivity index (χ2v) is 4.47. The summed E-state index contributed by atoms with van der Waals surface area (Å²) in [6, 6.07) is 0. The van der Waals surface area contributed by atoms with Gasteiger partial charge in [-0.2, -0.15) is 0 Å². The van der Waals surface area contributed by atoms with Crippen LogP contribution in [0.2, 0.25) is 0 Å². The van der Waals surface area contributed by atoms with Crippen molar-refractivity contribution >= 4 is 17.0 Å². The van der Waals surface area contributed by atoms with Gasteiger partial charge in [0.15, 0.2) is 11.5 Å². The molecule has 0 fully saturated rings. The smallest absolute Gasteiger partial charge is 0.165 e. The normalized spacial score (nSPS) is 13.3. The fourth-order valence-electron chi connectivity index (χ4n) is 2.10. The Balaban J connectivity index is 2.11. The molecule has 3 N–H and O–H groups in total. The van der Waals surface area contributed by atoms with Crippen molar-refractivity contribution in [1.82, 2.24) is 24.4 Å². The van der Waals surface area contributed by atoms with Crippen LogP contribution in [-0.2, 0) is 6.54 Å². The molecule has 2 aromatic rings. The van der Waals surface area contributed by atoms with Gasteiger partial charge in [-0.3, -0.25) is 0 Å². The zero-order valence-electron chi connectivity index (χ0n) is 11.3. The predicted octanol–water partition coefficient (Wildman–Crippen LogP) is 0.111. The number of aliphatic hydroxyl groups excluding tert-OH is 1. The number of nitrogens with zero attached hydrogens (tertiary/aromatic N) is 5. The molecule has 2 aromatic heterocycles. The van der Waals surface area contributed by atoms with Gasteiger partial charge in [0, 0.05) is 6.54 Å². The number of aromatic nitrogens is 4. The third-order valence-electron chi connectivity index (χ3n) is 3.20. The lowest BCUT2D eigenvalue weighted by Crippen LogP contribution is -2.34. The minimum Gasteiger partial charge on any atom is -0.390 e. The summed E-state index contributed by atoms with van der Waals surface area (Å²) in [5.41, 5.74) is 6.97. The Hall–Kier alpha value is -1.73. The number of hydrogen-bond acceptors (Lipinski definition) is 6. The Bertz CT molecular complexity index is 536. The summed E-state index contributed by atoms with van der Waals surface area (Å²) in [4.78, 5) is 14.4. The average Bonchev–Trinajstić information content (AvgIpc) is 2.81. The first-order chi connectivity index (χ1) is 9.15. The van der Waals surface area contributed by atoms with E-state index < -0.39 is 6.10 Å². The molecule has 1 atom stereocenters. The van der Waals surface area contributed by atoms with Crippen molar-refractivity contribution in [3.05, 3.63) is 12.7 Å². The van der Waals surface area contributed by atoms with E-state index in [1.807, 2.05) is 4.57 Å². The second-order valence-electron chi connectivity index (χ2n) is 4.47. The van der Waals surface area contributed by atoms with E-state index in [9.17, 15) is 5.11 Å². The van der Waals surface area contributed by atoms with Crippen LogP contribution in [0.3, 0.4) is 0 Å². The zero-order valence-corrected chi connectivity index (χ0v) is 11.3. The maximum Gasteiger partial charge on any atom is 0.165 e. The van der Waals surface area contributed by atoms with Gasteiger partial charge < -0.3 is 20.3 Å². The van der Waals surface area contributed by atoms with Crippen molar-refractivity contribution in [3.8, 4) is 0 Å². The fourth-order valence-corrected chi connectivity index (χ4v) is 2.10.